The summed E-state index contributed by atoms with van der Waals surface area (Å²) in [5.74, 6) is -0.916. The van der Waals surface area contributed by atoms with E-state index in [1.54, 1.807) is 24.3 Å². The molecule has 184 valence electrons. The van der Waals surface area contributed by atoms with Gasteiger partial charge < -0.3 is 20.0 Å². The number of hydrogen-bond donors (Lipinski definition) is 2. The molecule has 0 saturated heterocycles. The van der Waals surface area contributed by atoms with Crippen molar-refractivity contribution in [1.29, 1.82) is 0 Å². The first-order chi connectivity index (χ1) is 18.0. The first kappa shape index (κ1) is 23.9. The van der Waals surface area contributed by atoms with Crippen LogP contribution in [-0.4, -0.2) is 28.3 Å². The molecule has 4 aromatic carbocycles. The minimum absolute atomic E-state index is 0.0642. The number of aromatic hydroxyl groups is 1. The number of benzene rings is 4. The minimum Gasteiger partial charge on any atom is -0.507 e. The Balaban J connectivity index is 1.52. The van der Waals surface area contributed by atoms with Crippen molar-refractivity contribution in [2.75, 3.05) is 16.3 Å². The number of carboxylic acids is 1. The number of rotatable bonds is 7. The van der Waals surface area contributed by atoms with Crippen LogP contribution in [0.5, 0.6) is 5.75 Å². The summed E-state index contributed by atoms with van der Waals surface area (Å²) in [6.45, 7) is 2.45. The van der Waals surface area contributed by atoms with Crippen molar-refractivity contribution >= 4 is 40.9 Å². The van der Waals surface area contributed by atoms with Gasteiger partial charge in [0.25, 0.3) is 0 Å². The summed E-state index contributed by atoms with van der Waals surface area (Å²) in [6, 6.07) is 33.1. The van der Waals surface area contributed by atoms with Crippen LogP contribution in [0.15, 0.2) is 115 Å². The zero-order valence-corrected chi connectivity index (χ0v) is 20.5. The van der Waals surface area contributed by atoms with E-state index in [2.05, 4.69) is 4.90 Å². The molecule has 0 radical (unpaired) electrons. The topological polar surface area (TPSA) is 64.0 Å². The van der Waals surface area contributed by atoms with Gasteiger partial charge in [-0.15, -0.1) is 0 Å². The molecule has 0 spiro atoms. The van der Waals surface area contributed by atoms with E-state index in [0.29, 0.717) is 12.1 Å². The molecule has 0 saturated carbocycles. The van der Waals surface area contributed by atoms with Gasteiger partial charge in [-0.3, -0.25) is 0 Å². The molecule has 2 N–H and O–H groups in total. The largest absolute Gasteiger partial charge is 0.507 e. The van der Waals surface area contributed by atoms with Crippen molar-refractivity contribution in [2.45, 2.75) is 12.5 Å². The molecule has 1 aliphatic heterocycles. The maximum absolute atomic E-state index is 12.6. The Morgan fingerprint density at radius 3 is 2.08 bits per heavy atom. The van der Waals surface area contributed by atoms with Gasteiger partial charge in [-0.1, -0.05) is 66.7 Å². The van der Waals surface area contributed by atoms with Gasteiger partial charge in [0.05, 0.1) is 0 Å². The molecule has 0 aliphatic carbocycles. The fourth-order valence-electron chi connectivity index (χ4n) is 4.85. The Labute approximate surface area is 216 Å². The Hall–Kier alpha value is -4.77. The third-order valence-electron chi connectivity index (χ3n) is 6.67. The van der Waals surface area contributed by atoms with E-state index in [-0.39, 0.29) is 5.75 Å². The average Bonchev–Trinajstić information content (AvgIpc) is 2.93. The third kappa shape index (κ3) is 4.47. The number of para-hydroxylation sites is 3. The molecule has 5 nitrogen and oxygen atoms in total. The molecule has 1 atom stereocenters. The van der Waals surface area contributed by atoms with Gasteiger partial charge in [0, 0.05) is 40.9 Å². The number of hydrogen-bond acceptors (Lipinski definition) is 4. The fraction of sp³-hybridized carbons (Fsp3) is 0.0938. The second-order valence-corrected chi connectivity index (χ2v) is 8.85. The van der Waals surface area contributed by atoms with E-state index < -0.39 is 11.5 Å². The third-order valence-corrected chi connectivity index (χ3v) is 6.67. The standard InChI is InChI=1S/C32H28N2O3/c1-2-33-29-16-10-9-11-24(29)19-21-32(33,31(36)37)22-20-25-17-18-28(23-30(25)35)34(26-12-5-3-6-13-26)27-14-7-4-8-15-27/h3-23,35H,2H2,1H3,(H,36,37). The van der Waals surface area contributed by atoms with Crippen molar-refractivity contribution in [3.63, 3.8) is 0 Å². The van der Waals surface area contributed by atoms with Gasteiger partial charge >= 0.3 is 5.97 Å². The molecule has 5 rings (SSSR count). The smallest absolute Gasteiger partial charge is 0.337 e. The molecule has 1 unspecified atom stereocenters. The first-order valence-electron chi connectivity index (χ1n) is 12.3. The fourth-order valence-corrected chi connectivity index (χ4v) is 4.85. The predicted octanol–water partition coefficient (Wildman–Crippen LogP) is 7.25. The summed E-state index contributed by atoms with van der Waals surface area (Å²) in [5.41, 5.74) is 3.73. The number of aliphatic carboxylic acids is 1. The van der Waals surface area contributed by atoms with Gasteiger partial charge in [0.2, 0.25) is 0 Å². The van der Waals surface area contributed by atoms with Crippen molar-refractivity contribution in [3.05, 3.63) is 126 Å². The van der Waals surface area contributed by atoms with Crippen LogP contribution in [0.4, 0.5) is 22.7 Å². The number of anilines is 4. The zero-order chi connectivity index (χ0) is 25.8. The second kappa shape index (κ2) is 10.1. The monoisotopic (exact) mass is 488 g/mol. The first-order valence-corrected chi connectivity index (χ1v) is 12.3. The number of carboxylic acid groups (broad SMARTS) is 1. The zero-order valence-electron chi connectivity index (χ0n) is 20.5. The quantitative estimate of drug-likeness (QED) is 0.287. The SMILES string of the molecule is CCN1c2ccccc2C=CC1(C=Cc1ccc(N(c2ccccc2)c2ccccc2)cc1O)C(=O)O. The summed E-state index contributed by atoms with van der Waals surface area (Å²) in [7, 11) is 0. The van der Waals surface area contributed by atoms with Crippen molar-refractivity contribution in [3.8, 4) is 5.75 Å². The molecule has 1 aliphatic rings. The van der Waals surface area contributed by atoms with Crippen LogP contribution >= 0.6 is 0 Å². The van der Waals surface area contributed by atoms with Crippen LogP contribution < -0.4 is 9.80 Å². The highest BCUT2D eigenvalue weighted by Gasteiger charge is 2.42. The minimum atomic E-state index is -1.37. The van der Waals surface area contributed by atoms with Gasteiger partial charge in [0.1, 0.15) is 5.75 Å². The van der Waals surface area contributed by atoms with Crippen molar-refractivity contribution in [1.82, 2.24) is 0 Å². The molecule has 5 heteroatoms. The van der Waals surface area contributed by atoms with Crippen LogP contribution in [0.25, 0.3) is 12.2 Å². The van der Waals surface area contributed by atoms with Crippen LogP contribution in [0, 0.1) is 0 Å². The van der Waals surface area contributed by atoms with E-state index in [0.717, 1.165) is 28.3 Å². The molecule has 0 amide bonds. The molecule has 0 aromatic heterocycles. The second-order valence-electron chi connectivity index (χ2n) is 8.85. The van der Waals surface area contributed by atoms with Gasteiger partial charge in [-0.25, -0.2) is 4.79 Å². The van der Waals surface area contributed by atoms with E-state index in [1.165, 1.54) is 0 Å². The maximum Gasteiger partial charge on any atom is 0.337 e. The normalized spacial score (nSPS) is 16.5. The predicted molar refractivity (Wildman–Crippen MR) is 151 cm³/mol. The van der Waals surface area contributed by atoms with Crippen LogP contribution in [0.3, 0.4) is 0 Å². The van der Waals surface area contributed by atoms with Crippen molar-refractivity contribution in [2.24, 2.45) is 0 Å². The van der Waals surface area contributed by atoms with Gasteiger partial charge in [-0.05, 0) is 67.1 Å². The summed E-state index contributed by atoms with van der Waals surface area (Å²) in [4.78, 5) is 16.5. The highest BCUT2D eigenvalue weighted by molar-refractivity contribution is 5.95. The molecule has 4 aromatic rings. The lowest BCUT2D eigenvalue weighted by atomic mass is 9.88. The summed E-state index contributed by atoms with van der Waals surface area (Å²) >= 11 is 0. The number of likely N-dealkylation sites (N-methyl/N-ethyl adjacent to an activating group) is 1. The van der Waals surface area contributed by atoms with Crippen LogP contribution in [0.1, 0.15) is 18.1 Å². The van der Waals surface area contributed by atoms with Crippen LogP contribution in [-0.2, 0) is 4.79 Å². The Morgan fingerprint density at radius 2 is 1.49 bits per heavy atom. The molecule has 0 bridgehead atoms. The van der Waals surface area contributed by atoms with E-state index in [9.17, 15) is 15.0 Å². The number of nitrogens with zero attached hydrogens (tertiary/aromatic N) is 2. The summed E-state index contributed by atoms with van der Waals surface area (Å²) in [6.07, 6.45) is 6.88. The molecule has 0 fully saturated rings. The average molecular weight is 489 g/mol. The summed E-state index contributed by atoms with van der Waals surface area (Å²) < 4.78 is 0. The Kier molecular flexibility index (Phi) is 6.52. The molecule has 1 heterocycles. The van der Waals surface area contributed by atoms with Crippen LogP contribution in [0.2, 0.25) is 0 Å². The lowest BCUT2D eigenvalue weighted by molar-refractivity contribution is -0.139. The Bertz CT molecular complexity index is 1420. The molecular weight excluding hydrogens is 460 g/mol. The lowest BCUT2D eigenvalue weighted by Crippen LogP contribution is -2.53. The lowest BCUT2D eigenvalue weighted by Gasteiger charge is -2.41. The Morgan fingerprint density at radius 1 is 0.865 bits per heavy atom. The van der Waals surface area contributed by atoms with E-state index >= 15 is 0 Å². The number of phenols is 1. The van der Waals surface area contributed by atoms with E-state index in [1.807, 2.05) is 115 Å². The summed E-state index contributed by atoms with van der Waals surface area (Å²) in [5, 5.41) is 21.3. The highest BCUT2D eigenvalue weighted by Crippen LogP contribution is 2.39. The van der Waals surface area contributed by atoms with Crippen molar-refractivity contribution < 1.29 is 15.0 Å². The number of fused-ring (bicyclic) bond motifs is 1. The van der Waals surface area contributed by atoms with Gasteiger partial charge in [-0.2, -0.15) is 0 Å². The maximum atomic E-state index is 12.6. The number of phenolic OH excluding ortho intramolecular Hbond substituents is 1. The van der Waals surface area contributed by atoms with E-state index in [4.69, 9.17) is 0 Å². The number of carbonyl (C=O) groups is 1. The highest BCUT2D eigenvalue weighted by atomic mass is 16.4. The van der Waals surface area contributed by atoms with Gasteiger partial charge in [0.15, 0.2) is 5.54 Å². The molecular formula is C32H28N2O3. The molecule has 37 heavy (non-hydrogen) atoms.